The lowest BCUT2D eigenvalue weighted by Crippen LogP contribution is -2.34. The first-order valence-electron chi connectivity index (χ1n) is 12.7. The first-order chi connectivity index (χ1) is 19.1. The van der Waals surface area contributed by atoms with Crippen LogP contribution in [0.25, 0.3) is 55.6 Å². The molecule has 6 aromatic rings. The molecule has 0 amide bonds. The quantitative estimate of drug-likeness (QED) is 0.246. The van der Waals surface area contributed by atoms with Crippen LogP contribution >= 0.6 is 0 Å². The molecule has 4 N–H and O–H groups in total. The molecule has 0 bridgehead atoms. The number of phenols is 1. The van der Waals surface area contributed by atoms with Gasteiger partial charge in [-0.15, -0.1) is 0 Å². The molecule has 10 heteroatoms. The molecule has 1 aromatic carbocycles. The van der Waals surface area contributed by atoms with E-state index in [-0.39, 0.29) is 11.9 Å². The van der Waals surface area contributed by atoms with E-state index in [1.54, 1.807) is 31.0 Å². The third kappa shape index (κ3) is 4.44. The van der Waals surface area contributed by atoms with E-state index in [9.17, 15) is 9.50 Å². The lowest BCUT2D eigenvalue weighted by atomic mass is 10.0. The fourth-order valence-electron chi connectivity index (χ4n) is 5.16. The topological polar surface area (TPSA) is 125 Å². The lowest BCUT2D eigenvalue weighted by molar-refractivity contribution is 0.162. The molecule has 9 nitrogen and oxygen atoms in total. The minimum atomic E-state index is -0.518. The molecule has 6 heterocycles. The van der Waals surface area contributed by atoms with Crippen LogP contribution in [0.4, 0.5) is 4.39 Å². The first-order valence-corrected chi connectivity index (χ1v) is 12.7. The molecular formula is C29H24FN7O2. The van der Waals surface area contributed by atoms with E-state index in [1.807, 2.05) is 18.2 Å². The first kappa shape index (κ1) is 23.3. The molecule has 39 heavy (non-hydrogen) atoms. The summed E-state index contributed by atoms with van der Waals surface area (Å²) < 4.78 is 20.2. The number of piperidine rings is 1. The van der Waals surface area contributed by atoms with Gasteiger partial charge in [0, 0.05) is 52.1 Å². The van der Waals surface area contributed by atoms with Crippen LogP contribution in [0.3, 0.4) is 0 Å². The van der Waals surface area contributed by atoms with Crippen molar-refractivity contribution in [1.29, 1.82) is 0 Å². The zero-order valence-corrected chi connectivity index (χ0v) is 20.8. The van der Waals surface area contributed by atoms with Gasteiger partial charge in [-0.3, -0.25) is 15.1 Å². The molecule has 1 aliphatic heterocycles. The summed E-state index contributed by atoms with van der Waals surface area (Å²) in [6.07, 6.45) is 10.8. The minimum Gasteiger partial charge on any atom is -0.508 e. The molecule has 0 unspecified atom stereocenters. The second-order valence-electron chi connectivity index (χ2n) is 9.70. The van der Waals surface area contributed by atoms with Gasteiger partial charge < -0.3 is 20.1 Å². The van der Waals surface area contributed by atoms with Crippen molar-refractivity contribution in [2.45, 2.75) is 18.9 Å². The van der Waals surface area contributed by atoms with Crippen LogP contribution < -0.4 is 10.1 Å². The molecule has 0 saturated carbocycles. The third-order valence-corrected chi connectivity index (χ3v) is 7.05. The number of hydrogen-bond donors (Lipinski definition) is 4. The Morgan fingerprint density at radius 1 is 0.846 bits per heavy atom. The fourth-order valence-corrected chi connectivity index (χ4v) is 5.16. The number of aromatic hydroxyl groups is 1. The Kier molecular flexibility index (Phi) is 5.66. The van der Waals surface area contributed by atoms with Crippen molar-refractivity contribution < 1.29 is 14.2 Å². The number of aromatic amines is 2. The smallest absolute Gasteiger partial charge is 0.181 e. The second-order valence-corrected chi connectivity index (χ2v) is 9.70. The van der Waals surface area contributed by atoms with Gasteiger partial charge in [0.1, 0.15) is 23.4 Å². The highest BCUT2D eigenvalue weighted by Gasteiger charge is 2.17. The van der Waals surface area contributed by atoms with Crippen LogP contribution in [0.1, 0.15) is 12.8 Å². The monoisotopic (exact) mass is 521 g/mol. The maximum Gasteiger partial charge on any atom is 0.181 e. The summed E-state index contributed by atoms with van der Waals surface area (Å²) in [6, 6.07) is 9.95. The van der Waals surface area contributed by atoms with Crippen molar-refractivity contribution in [3.8, 4) is 45.1 Å². The largest absolute Gasteiger partial charge is 0.508 e. The zero-order valence-electron chi connectivity index (χ0n) is 20.8. The number of ether oxygens (including phenoxy) is 1. The van der Waals surface area contributed by atoms with Crippen LogP contribution in [-0.2, 0) is 0 Å². The van der Waals surface area contributed by atoms with Crippen molar-refractivity contribution in [3.05, 3.63) is 73.2 Å². The Balaban J connectivity index is 1.26. The van der Waals surface area contributed by atoms with Crippen molar-refractivity contribution in [1.82, 2.24) is 35.5 Å². The standard InChI is InChI=1S/C29H24FN7O2/c30-19-5-16(6-20(38)9-19)25-14-33-15-27-23(25)10-26(35-27)28-24-8-18(12-34-29(24)37-36-28)17-7-22(13-32-11-17)39-21-1-3-31-4-2-21/h5-15,21,31,35,38H,1-4H2,(H,34,36,37). The summed E-state index contributed by atoms with van der Waals surface area (Å²) in [4.78, 5) is 16.7. The number of pyridine rings is 3. The van der Waals surface area contributed by atoms with E-state index >= 15 is 0 Å². The summed E-state index contributed by atoms with van der Waals surface area (Å²) in [5, 5.41) is 22.4. The maximum atomic E-state index is 14.0. The molecule has 7 rings (SSSR count). The van der Waals surface area contributed by atoms with Gasteiger partial charge in [0.15, 0.2) is 5.65 Å². The van der Waals surface area contributed by atoms with Gasteiger partial charge >= 0.3 is 0 Å². The Labute approximate surface area is 222 Å². The number of nitrogens with zero attached hydrogens (tertiary/aromatic N) is 4. The molecule has 0 atom stereocenters. The predicted octanol–water partition coefficient (Wildman–Crippen LogP) is 5.21. The summed E-state index contributed by atoms with van der Waals surface area (Å²) in [6.45, 7) is 1.91. The van der Waals surface area contributed by atoms with Crippen molar-refractivity contribution in [3.63, 3.8) is 0 Å². The molecule has 1 fully saturated rings. The molecule has 1 aliphatic rings. The van der Waals surface area contributed by atoms with E-state index in [1.165, 1.54) is 12.1 Å². The van der Waals surface area contributed by atoms with E-state index in [4.69, 9.17) is 4.74 Å². The number of benzene rings is 1. The number of aromatic nitrogens is 6. The van der Waals surface area contributed by atoms with Crippen LogP contribution in [0.5, 0.6) is 11.5 Å². The molecule has 194 valence electrons. The van der Waals surface area contributed by atoms with Crippen LogP contribution in [0, 0.1) is 5.82 Å². The number of H-pyrrole nitrogens is 2. The van der Waals surface area contributed by atoms with E-state index in [2.05, 4.69) is 35.5 Å². The van der Waals surface area contributed by atoms with Crippen molar-refractivity contribution in [2.24, 2.45) is 0 Å². The van der Waals surface area contributed by atoms with Gasteiger partial charge in [0.2, 0.25) is 0 Å². The predicted molar refractivity (Wildman–Crippen MR) is 146 cm³/mol. The van der Waals surface area contributed by atoms with Gasteiger partial charge in [-0.1, -0.05) is 0 Å². The van der Waals surface area contributed by atoms with Gasteiger partial charge in [-0.05, 0) is 61.8 Å². The number of hydrogen-bond acceptors (Lipinski definition) is 7. The zero-order chi connectivity index (χ0) is 26.3. The highest BCUT2D eigenvalue weighted by Crippen LogP contribution is 2.35. The Morgan fingerprint density at radius 3 is 2.56 bits per heavy atom. The minimum absolute atomic E-state index is 0.143. The summed E-state index contributed by atoms with van der Waals surface area (Å²) in [7, 11) is 0. The number of fused-ring (bicyclic) bond motifs is 2. The average molecular weight is 522 g/mol. The summed E-state index contributed by atoms with van der Waals surface area (Å²) in [5.74, 6) is 0.0808. The Bertz CT molecular complexity index is 1800. The normalized spacial score (nSPS) is 14.3. The van der Waals surface area contributed by atoms with Crippen LogP contribution in [0.2, 0.25) is 0 Å². The Hall–Kier alpha value is -4.83. The third-order valence-electron chi connectivity index (χ3n) is 7.05. The SMILES string of the molecule is Oc1cc(F)cc(-c2cncc3[nH]c(-c4[nH]nc5ncc(-c6cncc(OC7CCNCC7)c6)cc45)cc23)c1. The maximum absolute atomic E-state index is 14.0. The van der Waals surface area contributed by atoms with E-state index in [0.29, 0.717) is 16.8 Å². The average Bonchev–Trinajstić information content (AvgIpc) is 3.57. The molecule has 0 aliphatic carbocycles. The number of rotatable bonds is 5. The summed E-state index contributed by atoms with van der Waals surface area (Å²) >= 11 is 0. The van der Waals surface area contributed by atoms with Gasteiger partial charge in [0.25, 0.3) is 0 Å². The fraction of sp³-hybridized carbons (Fsp3) is 0.172. The number of nitrogens with one attached hydrogen (secondary N) is 3. The van der Waals surface area contributed by atoms with Gasteiger partial charge in [0.05, 0.1) is 29.3 Å². The Morgan fingerprint density at radius 2 is 1.69 bits per heavy atom. The molecule has 1 saturated heterocycles. The number of halogens is 1. The van der Waals surface area contributed by atoms with Gasteiger partial charge in [-0.25, -0.2) is 9.37 Å². The summed E-state index contributed by atoms with van der Waals surface area (Å²) in [5.41, 5.74) is 5.92. The highest BCUT2D eigenvalue weighted by molar-refractivity contribution is 6.00. The van der Waals surface area contributed by atoms with E-state index < -0.39 is 5.82 Å². The molecule has 0 radical (unpaired) electrons. The second kappa shape index (κ2) is 9.48. The van der Waals surface area contributed by atoms with Crippen molar-refractivity contribution >= 4 is 21.9 Å². The number of phenolic OH excluding ortho intramolecular Hbond substituents is 1. The van der Waals surface area contributed by atoms with Crippen LogP contribution in [-0.4, -0.2) is 54.4 Å². The molecular weight excluding hydrogens is 497 g/mol. The van der Waals surface area contributed by atoms with Crippen LogP contribution in [0.15, 0.2) is 67.4 Å². The van der Waals surface area contributed by atoms with Crippen molar-refractivity contribution in [2.75, 3.05) is 13.1 Å². The lowest BCUT2D eigenvalue weighted by Gasteiger charge is -2.23. The van der Waals surface area contributed by atoms with E-state index in [0.717, 1.165) is 76.6 Å². The van der Waals surface area contributed by atoms with Gasteiger partial charge in [-0.2, -0.15) is 5.10 Å². The highest BCUT2D eigenvalue weighted by atomic mass is 19.1. The molecule has 5 aromatic heterocycles. The molecule has 0 spiro atoms.